The number of nitrogens with zero attached hydrogens (tertiary/aromatic N) is 5. The Bertz CT molecular complexity index is 1560. The average Bonchev–Trinajstić information content (AvgIpc) is 3.61. The first-order chi connectivity index (χ1) is 19.7. The minimum absolute atomic E-state index is 0.0815. The molecule has 1 atom stereocenters. The Kier molecular flexibility index (Phi) is 7.56. The number of amides is 1. The number of hydrogen-bond acceptors (Lipinski definition) is 8. The zero-order chi connectivity index (χ0) is 28.6. The second-order valence-electron chi connectivity index (χ2n) is 11.9. The number of piperazine rings is 1. The normalized spacial score (nSPS) is 18.7. The third kappa shape index (κ3) is 6.31. The summed E-state index contributed by atoms with van der Waals surface area (Å²) in [5.74, 6) is 1.96. The summed E-state index contributed by atoms with van der Waals surface area (Å²) in [6.45, 7) is 10.8. The largest absolute Gasteiger partial charge is 0.444 e. The summed E-state index contributed by atoms with van der Waals surface area (Å²) in [5.41, 5.74) is 1.65. The Balaban J connectivity index is 1.08. The fraction of sp³-hybridized carbons (Fsp3) is 0.467. The van der Waals surface area contributed by atoms with Gasteiger partial charge in [0.1, 0.15) is 16.3 Å². The summed E-state index contributed by atoms with van der Waals surface area (Å²) in [6.07, 6.45) is 1.89. The molecule has 2 saturated heterocycles. The van der Waals surface area contributed by atoms with Gasteiger partial charge in [0.15, 0.2) is 5.82 Å². The second-order valence-corrected chi connectivity index (χ2v) is 12.9. The van der Waals surface area contributed by atoms with Crippen LogP contribution in [0.1, 0.15) is 51.0 Å². The number of ether oxygens (including phenoxy) is 1. The molecule has 4 aromatic rings. The third-order valence-electron chi connectivity index (χ3n) is 7.67. The number of likely N-dealkylation sites (tertiary alicyclic amines) is 1. The summed E-state index contributed by atoms with van der Waals surface area (Å²) in [4.78, 5) is 41.3. The van der Waals surface area contributed by atoms with Gasteiger partial charge in [0.05, 0.1) is 11.9 Å². The fourth-order valence-corrected chi connectivity index (χ4v) is 6.66. The number of hydrogen-bond donors (Lipinski definition) is 2. The zero-order valence-corrected chi connectivity index (χ0v) is 24.7. The van der Waals surface area contributed by atoms with E-state index in [1.54, 1.807) is 16.2 Å². The lowest BCUT2D eigenvalue weighted by molar-refractivity contribution is 0.0240. The topological polar surface area (TPSA) is 110 Å². The summed E-state index contributed by atoms with van der Waals surface area (Å²) in [6, 6.07) is 14.2. The number of thiophene rings is 1. The summed E-state index contributed by atoms with van der Waals surface area (Å²) < 4.78 is 5.52. The number of piperidine rings is 1. The van der Waals surface area contributed by atoms with Gasteiger partial charge in [0, 0.05) is 55.3 Å². The summed E-state index contributed by atoms with van der Waals surface area (Å²) in [7, 11) is 0. The van der Waals surface area contributed by atoms with E-state index in [1.165, 1.54) is 0 Å². The van der Waals surface area contributed by atoms with Crippen molar-refractivity contribution in [2.24, 2.45) is 0 Å². The van der Waals surface area contributed by atoms with Crippen molar-refractivity contribution in [1.29, 1.82) is 0 Å². The van der Waals surface area contributed by atoms with Crippen molar-refractivity contribution >= 4 is 33.5 Å². The number of nitrogens with one attached hydrogen (secondary N) is 2. The molecule has 2 N–H and O–H groups in total. The highest BCUT2D eigenvalue weighted by atomic mass is 32.1. The van der Waals surface area contributed by atoms with Gasteiger partial charge in [-0.25, -0.2) is 9.78 Å². The van der Waals surface area contributed by atoms with Gasteiger partial charge in [-0.1, -0.05) is 30.3 Å². The van der Waals surface area contributed by atoms with Crippen LogP contribution in [0.5, 0.6) is 0 Å². The van der Waals surface area contributed by atoms with Crippen LogP contribution in [-0.4, -0.2) is 80.9 Å². The van der Waals surface area contributed by atoms with Gasteiger partial charge in [0.2, 0.25) is 0 Å². The maximum Gasteiger partial charge on any atom is 0.410 e. The molecule has 1 amide bonds. The molecule has 2 aliphatic heterocycles. The van der Waals surface area contributed by atoms with Gasteiger partial charge in [-0.3, -0.25) is 14.8 Å². The monoisotopic (exact) mass is 575 g/mol. The molecule has 0 spiro atoms. The van der Waals surface area contributed by atoms with Crippen molar-refractivity contribution in [3.05, 3.63) is 64.3 Å². The Labute approximate surface area is 243 Å². The van der Waals surface area contributed by atoms with E-state index in [0.717, 1.165) is 65.8 Å². The molecule has 3 aromatic heterocycles. The van der Waals surface area contributed by atoms with Crippen LogP contribution >= 0.6 is 11.3 Å². The third-order valence-corrected chi connectivity index (χ3v) is 8.75. The number of anilines is 1. The highest BCUT2D eigenvalue weighted by Gasteiger charge is 2.28. The molecule has 216 valence electrons. The molecule has 0 radical (unpaired) electrons. The SMILES string of the molecule is CC(C)(C)OC(=O)N1CCN(c2cc(C3CCCN(Cc4nc5sc(-c6ccccc6)cc5c(=O)[nH]4)C3)[nH]n2)CC1. The Hall–Kier alpha value is -3.70. The molecule has 6 rings (SSSR count). The van der Waals surface area contributed by atoms with Gasteiger partial charge < -0.3 is 19.5 Å². The van der Waals surface area contributed by atoms with Crippen LogP contribution in [0.4, 0.5) is 10.6 Å². The molecule has 11 heteroatoms. The van der Waals surface area contributed by atoms with Crippen LogP contribution in [0.2, 0.25) is 0 Å². The molecular weight excluding hydrogens is 538 g/mol. The van der Waals surface area contributed by atoms with Crippen molar-refractivity contribution in [1.82, 2.24) is 30.0 Å². The molecule has 5 heterocycles. The Morgan fingerprint density at radius 1 is 1.10 bits per heavy atom. The number of carbonyl (C=O) groups excluding carboxylic acids is 1. The lowest BCUT2D eigenvalue weighted by Gasteiger charge is -2.35. The molecule has 1 aromatic carbocycles. The molecule has 1 unspecified atom stereocenters. The van der Waals surface area contributed by atoms with Gasteiger partial charge in [-0.15, -0.1) is 11.3 Å². The van der Waals surface area contributed by atoms with Crippen molar-refractivity contribution in [3.8, 4) is 10.4 Å². The van der Waals surface area contributed by atoms with Gasteiger partial charge in [-0.05, 0) is 51.8 Å². The predicted octanol–water partition coefficient (Wildman–Crippen LogP) is 4.81. The van der Waals surface area contributed by atoms with E-state index in [9.17, 15) is 9.59 Å². The van der Waals surface area contributed by atoms with Gasteiger partial charge in [-0.2, -0.15) is 5.10 Å². The second kappa shape index (κ2) is 11.3. The average molecular weight is 576 g/mol. The van der Waals surface area contributed by atoms with Gasteiger partial charge >= 0.3 is 6.09 Å². The van der Waals surface area contributed by atoms with E-state index < -0.39 is 5.60 Å². The van der Waals surface area contributed by atoms with Crippen molar-refractivity contribution < 1.29 is 9.53 Å². The fourth-order valence-electron chi connectivity index (χ4n) is 5.60. The lowest BCUT2D eigenvalue weighted by atomic mass is 9.95. The maximum atomic E-state index is 12.9. The van der Waals surface area contributed by atoms with Crippen LogP contribution in [-0.2, 0) is 11.3 Å². The zero-order valence-electron chi connectivity index (χ0n) is 23.9. The number of rotatable bonds is 5. The van der Waals surface area contributed by atoms with Crippen LogP contribution in [0.15, 0.2) is 47.3 Å². The van der Waals surface area contributed by atoms with E-state index in [1.807, 2.05) is 45.0 Å². The van der Waals surface area contributed by atoms with E-state index >= 15 is 0 Å². The van der Waals surface area contributed by atoms with Crippen LogP contribution in [0, 0.1) is 0 Å². The Morgan fingerprint density at radius 3 is 2.63 bits per heavy atom. The standard InChI is InChI=1S/C30H37N7O3S/c1-30(2,3)40-29(39)37-14-12-36(13-15-37)26-17-23(33-34-26)21-10-7-11-35(18-21)19-25-31-27(38)22-16-24(41-28(22)32-25)20-8-5-4-6-9-20/h4-6,8-9,16-17,21H,7,10-15,18-19H2,1-3H3,(H,33,34)(H,31,32,38). The van der Waals surface area contributed by atoms with Crippen LogP contribution in [0.25, 0.3) is 20.7 Å². The molecule has 0 aliphatic carbocycles. The number of fused-ring (bicyclic) bond motifs is 1. The summed E-state index contributed by atoms with van der Waals surface area (Å²) in [5, 5.41) is 8.54. The predicted molar refractivity (Wildman–Crippen MR) is 162 cm³/mol. The molecule has 2 fully saturated rings. The number of H-pyrrole nitrogens is 2. The molecule has 10 nitrogen and oxygen atoms in total. The van der Waals surface area contributed by atoms with E-state index in [2.05, 4.69) is 43.2 Å². The van der Waals surface area contributed by atoms with E-state index in [0.29, 0.717) is 36.8 Å². The van der Waals surface area contributed by atoms with Crippen molar-refractivity contribution in [2.75, 3.05) is 44.2 Å². The minimum Gasteiger partial charge on any atom is -0.444 e. The van der Waals surface area contributed by atoms with E-state index in [4.69, 9.17) is 9.72 Å². The van der Waals surface area contributed by atoms with E-state index in [-0.39, 0.29) is 11.7 Å². The Morgan fingerprint density at radius 2 is 1.88 bits per heavy atom. The molecule has 0 bridgehead atoms. The highest BCUT2D eigenvalue weighted by Crippen LogP contribution is 2.32. The highest BCUT2D eigenvalue weighted by molar-refractivity contribution is 7.21. The first kappa shape index (κ1) is 27.5. The molecule has 0 saturated carbocycles. The molecule has 41 heavy (non-hydrogen) atoms. The first-order valence-corrected chi connectivity index (χ1v) is 15.1. The number of aromatic amines is 2. The molecular formula is C30H37N7O3S. The summed E-state index contributed by atoms with van der Waals surface area (Å²) >= 11 is 1.56. The number of aromatic nitrogens is 4. The quantitative estimate of drug-likeness (QED) is 0.351. The van der Waals surface area contributed by atoms with Crippen LogP contribution in [0.3, 0.4) is 0 Å². The molecule has 2 aliphatic rings. The van der Waals surface area contributed by atoms with Crippen molar-refractivity contribution in [3.63, 3.8) is 0 Å². The van der Waals surface area contributed by atoms with Crippen molar-refractivity contribution in [2.45, 2.75) is 51.7 Å². The maximum absolute atomic E-state index is 12.9. The lowest BCUT2D eigenvalue weighted by Crippen LogP contribution is -2.50. The minimum atomic E-state index is -0.493. The smallest absolute Gasteiger partial charge is 0.410 e. The first-order valence-electron chi connectivity index (χ1n) is 14.3. The van der Waals surface area contributed by atoms with Gasteiger partial charge in [0.25, 0.3) is 5.56 Å². The van der Waals surface area contributed by atoms with Crippen LogP contribution < -0.4 is 10.5 Å². The number of carbonyl (C=O) groups is 1. The number of benzene rings is 1.